The van der Waals surface area contributed by atoms with Gasteiger partial charge in [0, 0.05) is 31.7 Å². The highest BCUT2D eigenvalue weighted by molar-refractivity contribution is 5.97. The van der Waals surface area contributed by atoms with E-state index in [1.807, 2.05) is 24.3 Å². The van der Waals surface area contributed by atoms with Gasteiger partial charge in [-0.3, -0.25) is 9.59 Å². The summed E-state index contributed by atoms with van der Waals surface area (Å²) in [6.07, 6.45) is 0. The largest absolute Gasteiger partial charge is 0.495 e. The molecule has 29 heavy (non-hydrogen) atoms. The van der Waals surface area contributed by atoms with Crippen LogP contribution in [0, 0.1) is 0 Å². The van der Waals surface area contributed by atoms with Crippen LogP contribution in [0.3, 0.4) is 0 Å². The van der Waals surface area contributed by atoms with E-state index in [-0.39, 0.29) is 25.2 Å². The third kappa shape index (κ3) is 4.06. The van der Waals surface area contributed by atoms with E-state index in [0.717, 1.165) is 11.4 Å². The van der Waals surface area contributed by atoms with Crippen LogP contribution in [0.15, 0.2) is 42.5 Å². The third-order valence-electron chi connectivity index (χ3n) is 5.09. The third-order valence-corrected chi connectivity index (χ3v) is 5.09. The summed E-state index contributed by atoms with van der Waals surface area (Å²) in [4.78, 5) is 28.8. The van der Waals surface area contributed by atoms with Crippen molar-refractivity contribution in [2.45, 2.75) is 0 Å². The fraction of sp³-hybridized carbons (Fsp3) is 0.333. The molecule has 0 unspecified atom stereocenters. The standard InChI is InChI=1S/C21H23N3O5/c1-27-17-5-3-2-4-16(17)23-8-10-24(11-9-23)20(25)13-22-21(26)15-6-7-18-19(12-15)29-14-28-18/h2-7,12H,8-11,13-14H2,1H3,(H,22,26). The van der Waals surface area contributed by atoms with Crippen LogP contribution in [-0.4, -0.2) is 63.3 Å². The molecule has 2 amide bonds. The van der Waals surface area contributed by atoms with Gasteiger partial charge in [-0.25, -0.2) is 0 Å². The zero-order chi connectivity index (χ0) is 20.2. The molecule has 8 nitrogen and oxygen atoms in total. The molecule has 0 radical (unpaired) electrons. The molecule has 0 saturated carbocycles. The summed E-state index contributed by atoms with van der Waals surface area (Å²) in [6, 6.07) is 12.8. The number of nitrogens with zero attached hydrogens (tertiary/aromatic N) is 2. The highest BCUT2D eigenvalue weighted by Crippen LogP contribution is 2.32. The van der Waals surface area contributed by atoms with Gasteiger partial charge in [0.1, 0.15) is 5.75 Å². The molecule has 0 aliphatic carbocycles. The van der Waals surface area contributed by atoms with Crippen LogP contribution < -0.4 is 24.4 Å². The van der Waals surface area contributed by atoms with Crippen molar-refractivity contribution in [3.63, 3.8) is 0 Å². The predicted molar refractivity (Wildman–Crippen MR) is 107 cm³/mol. The predicted octanol–water partition coefficient (Wildman–Crippen LogP) is 1.50. The fourth-order valence-electron chi connectivity index (χ4n) is 3.50. The Morgan fingerprint density at radius 1 is 1.03 bits per heavy atom. The van der Waals surface area contributed by atoms with Crippen LogP contribution in [0.1, 0.15) is 10.4 Å². The molecule has 152 valence electrons. The van der Waals surface area contributed by atoms with E-state index in [9.17, 15) is 9.59 Å². The normalized spacial score (nSPS) is 15.2. The van der Waals surface area contributed by atoms with E-state index in [1.54, 1.807) is 30.2 Å². The zero-order valence-electron chi connectivity index (χ0n) is 16.2. The lowest BCUT2D eigenvalue weighted by molar-refractivity contribution is -0.130. The number of methoxy groups -OCH3 is 1. The van der Waals surface area contributed by atoms with Gasteiger partial charge in [-0.15, -0.1) is 0 Å². The zero-order valence-corrected chi connectivity index (χ0v) is 16.2. The smallest absolute Gasteiger partial charge is 0.251 e. The maximum Gasteiger partial charge on any atom is 0.251 e. The average molecular weight is 397 g/mol. The maximum atomic E-state index is 12.5. The van der Waals surface area contributed by atoms with Gasteiger partial charge in [0.15, 0.2) is 11.5 Å². The molecule has 1 saturated heterocycles. The molecule has 2 aromatic rings. The summed E-state index contributed by atoms with van der Waals surface area (Å²) in [5, 5.41) is 2.69. The molecular formula is C21H23N3O5. The van der Waals surface area contributed by atoms with Crippen molar-refractivity contribution in [1.29, 1.82) is 0 Å². The van der Waals surface area contributed by atoms with E-state index in [0.29, 0.717) is 43.2 Å². The van der Waals surface area contributed by atoms with Crippen molar-refractivity contribution in [3.05, 3.63) is 48.0 Å². The monoisotopic (exact) mass is 397 g/mol. The first-order chi connectivity index (χ1) is 14.2. The molecule has 2 aliphatic heterocycles. The van der Waals surface area contributed by atoms with Crippen molar-refractivity contribution < 1.29 is 23.8 Å². The minimum Gasteiger partial charge on any atom is -0.495 e. The number of nitrogens with one attached hydrogen (secondary N) is 1. The Kier molecular flexibility index (Phi) is 5.41. The van der Waals surface area contributed by atoms with E-state index in [1.165, 1.54) is 0 Å². The Balaban J connectivity index is 1.28. The van der Waals surface area contributed by atoms with Gasteiger partial charge in [0.25, 0.3) is 5.91 Å². The minimum absolute atomic E-state index is 0.0397. The molecule has 0 bridgehead atoms. The number of carbonyl (C=O) groups is 2. The number of hydrogen-bond donors (Lipinski definition) is 1. The molecular weight excluding hydrogens is 374 g/mol. The lowest BCUT2D eigenvalue weighted by Gasteiger charge is -2.36. The molecule has 0 aromatic heterocycles. The van der Waals surface area contributed by atoms with Gasteiger partial charge in [0.05, 0.1) is 19.3 Å². The minimum atomic E-state index is -0.315. The van der Waals surface area contributed by atoms with Gasteiger partial charge in [0.2, 0.25) is 12.7 Å². The van der Waals surface area contributed by atoms with Crippen molar-refractivity contribution in [2.75, 3.05) is 51.5 Å². The fourth-order valence-corrected chi connectivity index (χ4v) is 3.50. The highest BCUT2D eigenvalue weighted by Gasteiger charge is 2.23. The Labute approximate surface area is 168 Å². The first kappa shape index (κ1) is 18.9. The number of benzene rings is 2. The van der Waals surface area contributed by atoms with Crippen LogP contribution >= 0.6 is 0 Å². The van der Waals surface area contributed by atoms with Crippen LogP contribution in [0.5, 0.6) is 17.2 Å². The second-order valence-corrected chi connectivity index (χ2v) is 6.79. The Bertz CT molecular complexity index is 909. The first-order valence-electron chi connectivity index (χ1n) is 9.49. The van der Waals surface area contributed by atoms with Crippen LogP contribution in [0.25, 0.3) is 0 Å². The number of rotatable bonds is 5. The number of hydrogen-bond acceptors (Lipinski definition) is 6. The molecule has 1 fully saturated rings. The molecule has 0 spiro atoms. The topological polar surface area (TPSA) is 80.3 Å². The van der Waals surface area contributed by atoms with Crippen LogP contribution in [-0.2, 0) is 4.79 Å². The summed E-state index contributed by atoms with van der Waals surface area (Å²) in [5.41, 5.74) is 1.46. The van der Waals surface area contributed by atoms with Gasteiger partial charge >= 0.3 is 0 Å². The van der Waals surface area contributed by atoms with Crippen molar-refractivity contribution in [2.24, 2.45) is 0 Å². The SMILES string of the molecule is COc1ccccc1N1CCN(C(=O)CNC(=O)c2ccc3c(c2)OCO3)CC1. The van der Waals surface area contributed by atoms with E-state index < -0.39 is 0 Å². The van der Waals surface area contributed by atoms with Crippen molar-refractivity contribution in [3.8, 4) is 17.2 Å². The van der Waals surface area contributed by atoms with Crippen molar-refractivity contribution >= 4 is 17.5 Å². The molecule has 1 N–H and O–H groups in total. The number of carbonyl (C=O) groups excluding carboxylic acids is 2. The van der Waals surface area contributed by atoms with E-state index in [4.69, 9.17) is 14.2 Å². The quantitative estimate of drug-likeness (QED) is 0.824. The number of ether oxygens (including phenoxy) is 3. The van der Waals surface area contributed by atoms with Gasteiger partial charge in [-0.2, -0.15) is 0 Å². The summed E-state index contributed by atoms with van der Waals surface area (Å²) in [5.74, 6) is 1.56. The van der Waals surface area contributed by atoms with Crippen molar-refractivity contribution in [1.82, 2.24) is 10.2 Å². The molecule has 4 rings (SSSR count). The Hall–Kier alpha value is -3.42. The van der Waals surface area contributed by atoms with E-state index in [2.05, 4.69) is 10.2 Å². The number of piperazine rings is 1. The number of anilines is 1. The second-order valence-electron chi connectivity index (χ2n) is 6.79. The maximum absolute atomic E-state index is 12.5. The number of fused-ring (bicyclic) bond motifs is 1. The number of para-hydroxylation sites is 2. The van der Waals surface area contributed by atoms with Crippen LogP contribution in [0.2, 0.25) is 0 Å². The molecule has 0 atom stereocenters. The number of amides is 2. The summed E-state index contributed by atoms with van der Waals surface area (Å²) in [6.45, 7) is 2.72. The average Bonchev–Trinajstić information content (AvgIpc) is 3.25. The van der Waals surface area contributed by atoms with Gasteiger partial charge in [-0.1, -0.05) is 12.1 Å². The van der Waals surface area contributed by atoms with Gasteiger partial charge in [-0.05, 0) is 30.3 Å². The lowest BCUT2D eigenvalue weighted by Crippen LogP contribution is -2.51. The Morgan fingerprint density at radius 2 is 1.79 bits per heavy atom. The van der Waals surface area contributed by atoms with E-state index >= 15 is 0 Å². The lowest BCUT2D eigenvalue weighted by atomic mass is 10.2. The molecule has 2 heterocycles. The summed E-state index contributed by atoms with van der Waals surface area (Å²) in [7, 11) is 1.65. The highest BCUT2D eigenvalue weighted by atomic mass is 16.7. The Morgan fingerprint density at radius 3 is 2.59 bits per heavy atom. The molecule has 2 aliphatic rings. The summed E-state index contributed by atoms with van der Waals surface area (Å²) >= 11 is 0. The van der Waals surface area contributed by atoms with Gasteiger partial charge < -0.3 is 29.3 Å². The molecule has 8 heteroatoms. The summed E-state index contributed by atoms with van der Waals surface area (Å²) < 4.78 is 15.9. The second kappa shape index (κ2) is 8.30. The van der Waals surface area contributed by atoms with Crippen LogP contribution in [0.4, 0.5) is 5.69 Å². The first-order valence-corrected chi connectivity index (χ1v) is 9.49. The molecule has 2 aromatic carbocycles.